The second-order valence-electron chi connectivity index (χ2n) is 5.64. The minimum atomic E-state index is -3.76. The molecule has 0 aliphatic heterocycles. The summed E-state index contributed by atoms with van der Waals surface area (Å²) < 4.78 is 31.8. The molecule has 1 N–H and O–H groups in total. The molecule has 0 aliphatic carbocycles. The Hall–Kier alpha value is -2.09. The van der Waals surface area contributed by atoms with Gasteiger partial charge in [-0.05, 0) is 37.3 Å². The van der Waals surface area contributed by atoms with Crippen molar-refractivity contribution in [2.45, 2.75) is 18.7 Å². The van der Waals surface area contributed by atoms with E-state index in [4.69, 9.17) is 16.3 Å². The van der Waals surface area contributed by atoms with Crippen molar-refractivity contribution in [1.82, 2.24) is 4.31 Å². The van der Waals surface area contributed by atoms with E-state index in [-0.39, 0.29) is 18.0 Å². The van der Waals surface area contributed by atoms with Crippen LogP contribution in [0.1, 0.15) is 12.5 Å². The number of halogens is 1. The first-order valence-corrected chi connectivity index (χ1v) is 9.80. The number of hydrogen-bond donors (Lipinski definition) is 1. The molecule has 0 fully saturated rings. The molecule has 2 aromatic rings. The normalized spacial score (nSPS) is 11.4. The van der Waals surface area contributed by atoms with Crippen molar-refractivity contribution in [1.29, 1.82) is 0 Å². The lowest BCUT2D eigenvalue weighted by Gasteiger charge is -2.20. The predicted molar refractivity (Wildman–Crippen MR) is 102 cm³/mol. The van der Waals surface area contributed by atoms with Crippen molar-refractivity contribution in [2.24, 2.45) is 0 Å². The Morgan fingerprint density at radius 3 is 2.42 bits per heavy atom. The second-order valence-corrected chi connectivity index (χ2v) is 8.01. The van der Waals surface area contributed by atoms with E-state index < -0.39 is 15.9 Å². The van der Waals surface area contributed by atoms with Gasteiger partial charge in [-0.15, -0.1) is 0 Å². The first-order chi connectivity index (χ1) is 12.3. The van der Waals surface area contributed by atoms with Crippen LogP contribution in [-0.2, 0) is 14.8 Å². The number of anilines is 1. The van der Waals surface area contributed by atoms with E-state index in [2.05, 4.69) is 5.32 Å². The summed E-state index contributed by atoms with van der Waals surface area (Å²) >= 11 is 5.94. The number of benzene rings is 2. The molecule has 0 aromatic heterocycles. The van der Waals surface area contributed by atoms with Gasteiger partial charge in [-0.1, -0.05) is 36.2 Å². The average Bonchev–Trinajstić information content (AvgIpc) is 2.60. The smallest absolute Gasteiger partial charge is 0.243 e. The molecule has 1 amide bonds. The lowest BCUT2D eigenvalue weighted by molar-refractivity contribution is -0.116. The highest BCUT2D eigenvalue weighted by atomic mass is 35.5. The summed E-state index contributed by atoms with van der Waals surface area (Å²) in [5, 5.41) is 3.08. The standard InChI is InChI=1S/C18H21ClN2O4S/c1-4-21(26(23,24)15-8-5-13(2)6-9-15)12-18(22)20-16-11-14(19)7-10-17(16)25-3/h5-11H,4,12H2,1-3H3,(H,20,22). The van der Waals surface area contributed by atoms with Crippen LogP contribution in [0.15, 0.2) is 47.4 Å². The molecule has 0 saturated carbocycles. The van der Waals surface area contributed by atoms with Crippen molar-refractivity contribution >= 4 is 33.2 Å². The number of methoxy groups -OCH3 is 1. The summed E-state index contributed by atoms with van der Waals surface area (Å²) in [6.07, 6.45) is 0. The maximum Gasteiger partial charge on any atom is 0.243 e. The Kier molecular flexibility index (Phi) is 6.63. The fourth-order valence-electron chi connectivity index (χ4n) is 2.35. The SMILES string of the molecule is CCN(CC(=O)Nc1cc(Cl)ccc1OC)S(=O)(=O)c1ccc(C)cc1. The van der Waals surface area contributed by atoms with Crippen LogP contribution in [0.2, 0.25) is 5.02 Å². The van der Waals surface area contributed by atoms with Crippen molar-refractivity contribution < 1.29 is 17.9 Å². The van der Waals surface area contributed by atoms with E-state index in [9.17, 15) is 13.2 Å². The highest BCUT2D eigenvalue weighted by molar-refractivity contribution is 7.89. The van der Waals surface area contributed by atoms with Crippen LogP contribution in [0.4, 0.5) is 5.69 Å². The molecule has 0 spiro atoms. The Bertz CT molecular complexity index is 883. The van der Waals surface area contributed by atoms with Gasteiger partial charge >= 0.3 is 0 Å². The van der Waals surface area contributed by atoms with E-state index >= 15 is 0 Å². The van der Waals surface area contributed by atoms with Crippen molar-refractivity contribution in [3.05, 3.63) is 53.1 Å². The van der Waals surface area contributed by atoms with Gasteiger partial charge in [0, 0.05) is 11.6 Å². The van der Waals surface area contributed by atoms with Crippen LogP contribution >= 0.6 is 11.6 Å². The molecule has 0 atom stereocenters. The maximum absolute atomic E-state index is 12.7. The number of rotatable bonds is 7. The number of nitrogens with one attached hydrogen (secondary N) is 1. The van der Waals surface area contributed by atoms with E-state index in [1.54, 1.807) is 37.3 Å². The molecule has 2 rings (SSSR count). The fraction of sp³-hybridized carbons (Fsp3) is 0.278. The first-order valence-electron chi connectivity index (χ1n) is 7.98. The van der Waals surface area contributed by atoms with E-state index in [1.807, 2.05) is 6.92 Å². The zero-order chi connectivity index (χ0) is 19.3. The van der Waals surface area contributed by atoms with Gasteiger partial charge in [0.05, 0.1) is 24.2 Å². The van der Waals surface area contributed by atoms with E-state index in [0.717, 1.165) is 9.87 Å². The molecular formula is C18H21ClN2O4S. The van der Waals surface area contributed by atoms with Gasteiger partial charge in [0.1, 0.15) is 5.75 Å². The monoisotopic (exact) mass is 396 g/mol. The molecule has 140 valence electrons. The van der Waals surface area contributed by atoms with Crippen molar-refractivity contribution in [2.75, 3.05) is 25.5 Å². The molecule has 0 unspecified atom stereocenters. The topological polar surface area (TPSA) is 75.7 Å². The lowest BCUT2D eigenvalue weighted by Crippen LogP contribution is -2.37. The second kappa shape index (κ2) is 8.53. The minimum Gasteiger partial charge on any atom is -0.495 e. The number of hydrogen-bond acceptors (Lipinski definition) is 4. The van der Waals surface area contributed by atoms with E-state index in [0.29, 0.717) is 16.5 Å². The highest BCUT2D eigenvalue weighted by Gasteiger charge is 2.25. The van der Waals surface area contributed by atoms with Gasteiger partial charge in [0.15, 0.2) is 0 Å². The van der Waals surface area contributed by atoms with Crippen LogP contribution < -0.4 is 10.1 Å². The third-order valence-electron chi connectivity index (χ3n) is 3.77. The number of sulfonamides is 1. The van der Waals surface area contributed by atoms with Crippen LogP contribution in [0.25, 0.3) is 0 Å². The van der Waals surface area contributed by atoms with Gasteiger partial charge in [0.2, 0.25) is 15.9 Å². The Morgan fingerprint density at radius 2 is 1.85 bits per heavy atom. The molecule has 6 nitrogen and oxygen atoms in total. The summed E-state index contributed by atoms with van der Waals surface area (Å²) in [4.78, 5) is 12.5. The van der Waals surface area contributed by atoms with Crippen molar-refractivity contribution in [3.8, 4) is 5.75 Å². The van der Waals surface area contributed by atoms with Gasteiger partial charge < -0.3 is 10.1 Å². The highest BCUT2D eigenvalue weighted by Crippen LogP contribution is 2.27. The molecular weight excluding hydrogens is 376 g/mol. The Morgan fingerprint density at radius 1 is 1.19 bits per heavy atom. The average molecular weight is 397 g/mol. The summed E-state index contributed by atoms with van der Waals surface area (Å²) in [6.45, 7) is 3.40. The molecule has 26 heavy (non-hydrogen) atoms. The fourth-order valence-corrected chi connectivity index (χ4v) is 3.93. The van der Waals surface area contributed by atoms with Gasteiger partial charge in [-0.2, -0.15) is 4.31 Å². The minimum absolute atomic E-state index is 0.151. The van der Waals surface area contributed by atoms with Gasteiger partial charge in [0.25, 0.3) is 0 Å². The number of aryl methyl sites for hydroxylation is 1. The van der Waals surface area contributed by atoms with Crippen LogP contribution in [0, 0.1) is 6.92 Å². The zero-order valence-electron chi connectivity index (χ0n) is 14.8. The number of carbonyl (C=O) groups excluding carboxylic acids is 1. The third kappa shape index (κ3) is 4.75. The molecule has 2 aromatic carbocycles. The number of carbonyl (C=O) groups is 1. The lowest BCUT2D eigenvalue weighted by atomic mass is 10.2. The summed E-state index contributed by atoms with van der Waals surface area (Å²) in [5.74, 6) is -0.0460. The number of amides is 1. The van der Waals surface area contributed by atoms with Crippen molar-refractivity contribution in [3.63, 3.8) is 0 Å². The largest absolute Gasteiger partial charge is 0.495 e. The summed E-state index contributed by atoms with van der Waals surface area (Å²) in [5.41, 5.74) is 1.34. The molecule has 0 heterocycles. The Labute approximate surface area is 158 Å². The van der Waals surface area contributed by atoms with Crippen LogP contribution in [0.5, 0.6) is 5.75 Å². The number of nitrogens with zero attached hydrogens (tertiary/aromatic N) is 1. The quantitative estimate of drug-likeness (QED) is 0.779. The molecule has 0 bridgehead atoms. The van der Waals surface area contributed by atoms with Crippen LogP contribution in [0.3, 0.4) is 0 Å². The molecule has 0 radical (unpaired) electrons. The van der Waals surface area contributed by atoms with Gasteiger partial charge in [-0.3, -0.25) is 4.79 Å². The molecule has 0 aliphatic rings. The zero-order valence-corrected chi connectivity index (χ0v) is 16.4. The number of likely N-dealkylation sites (N-methyl/N-ethyl adjacent to an activating group) is 1. The Balaban J connectivity index is 2.18. The first kappa shape index (κ1) is 20.2. The summed E-state index contributed by atoms with van der Waals surface area (Å²) in [7, 11) is -2.29. The number of ether oxygens (including phenoxy) is 1. The van der Waals surface area contributed by atoms with E-state index in [1.165, 1.54) is 19.2 Å². The molecule has 0 saturated heterocycles. The third-order valence-corrected chi connectivity index (χ3v) is 5.94. The van der Waals surface area contributed by atoms with Gasteiger partial charge in [-0.25, -0.2) is 8.42 Å². The summed E-state index contributed by atoms with van der Waals surface area (Å²) in [6, 6.07) is 11.3. The predicted octanol–water partition coefficient (Wildman–Crippen LogP) is 3.31. The van der Waals surface area contributed by atoms with Crippen LogP contribution in [-0.4, -0.2) is 38.8 Å². The maximum atomic E-state index is 12.7. The molecule has 8 heteroatoms.